The van der Waals surface area contributed by atoms with Gasteiger partial charge in [0.15, 0.2) is 5.54 Å². The number of hydrogen-bond acceptors (Lipinski definition) is 3. The number of aliphatic carboxylic acids is 1. The second-order valence-corrected chi connectivity index (χ2v) is 6.59. The lowest BCUT2D eigenvalue weighted by atomic mass is 9.91. The van der Waals surface area contributed by atoms with Crippen LogP contribution in [-0.4, -0.2) is 29.4 Å². The van der Waals surface area contributed by atoms with Gasteiger partial charge in [-0.1, -0.05) is 12.1 Å². The Balaban J connectivity index is 1.81. The molecular weight excluding hydrogens is 351 g/mol. The Morgan fingerprint density at radius 2 is 1.74 bits per heavy atom. The third-order valence-electron chi connectivity index (χ3n) is 4.73. The lowest BCUT2D eigenvalue weighted by molar-refractivity contribution is -0.144. The zero-order chi connectivity index (χ0) is 19.6. The molecule has 1 saturated heterocycles. The Bertz CT molecular complexity index is 880. The summed E-state index contributed by atoms with van der Waals surface area (Å²) in [5, 5.41) is 12.1. The minimum Gasteiger partial charge on any atom is -0.479 e. The molecule has 2 amide bonds. The number of halogens is 1. The Kier molecular flexibility index (Phi) is 4.94. The van der Waals surface area contributed by atoms with Crippen molar-refractivity contribution in [3.05, 3.63) is 65.5 Å². The molecule has 0 aliphatic carbocycles. The number of carboxylic acid groups (broad SMARTS) is 1. The van der Waals surface area contributed by atoms with Gasteiger partial charge in [-0.3, -0.25) is 9.59 Å². The van der Waals surface area contributed by atoms with Gasteiger partial charge in [0.1, 0.15) is 5.82 Å². The Hall–Kier alpha value is -3.22. The van der Waals surface area contributed by atoms with E-state index in [1.165, 1.54) is 19.1 Å². The molecule has 1 unspecified atom stereocenters. The van der Waals surface area contributed by atoms with Crippen LogP contribution in [0.25, 0.3) is 0 Å². The summed E-state index contributed by atoms with van der Waals surface area (Å²) in [5.74, 6) is -2.29. The van der Waals surface area contributed by atoms with Gasteiger partial charge in [-0.15, -0.1) is 0 Å². The third kappa shape index (κ3) is 3.67. The average Bonchev–Trinajstić information content (AvgIpc) is 3.08. The maximum atomic E-state index is 13.1. The molecule has 2 aromatic rings. The van der Waals surface area contributed by atoms with E-state index < -0.39 is 23.2 Å². The summed E-state index contributed by atoms with van der Waals surface area (Å²) in [4.78, 5) is 37.8. The minimum atomic E-state index is -1.71. The van der Waals surface area contributed by atoms with Crippen molar-refractivity contribution in [3.8, 4) is 0 Å². The molecule has 3 rings (SSSR count). The summed E-state index contributed by atoms with van der Waals surface area (Å²) in [7, 11) is 0. The van der Waals surface area contributed by atoms with Crippen LogP contribution in [0, 0.1) is 5.82 Å². The topological polar surface area (TPSA) is 86.7 Å². The van der Waals surface area contributed by atoms with Gasteiger partial charge in [0.25, 0.3) is 5.91 Å². The van der Waals surface area contributed by atoms with Crippen molar-refractivity contribution in [3.63, 3.8) is 0 Å². The molecule has 2 aromatic carbocycles. The molecule has 1 atom stereocenters. The van der Waals surface area contributed by atoms with Gasteiger partial charge in [-0.25, -0.2) is 9.18 Å². The van der Waals surface area contributed by atoms with E-state index in [0.717, 1.165) is 18.6 Å². The van der Waals surface area contributed by atoms with Crippen LogP contribution in [-0.2, 0) is 15.1 Å². The lowest BCUT2D eigenvalue weighted by Gasteiger charge is -2.27. The molecule has 0 spiro atoms. The normalized spacial score (nSPS) is 16.1. The number of hydrogen-bond donors (Lipinski definition) is 2. The quantitative estimate of drug-likeness (QED) is 0.847. The second-order valence-electron chi connectivity index (χ2n) is 6.59. The molecule has 6 nitrogen and oxygen atoms in total. The zero-order valence-electron chi connectivity index (χ0n) is 14.7. The van der Waals surface area contributed by atoms with E-state index in [4.69, 9.17) is 0 Å². The van der Waals surface area contributed by atoms with Crippen LogP contribution in [0.4, 0.5) is 10.1 Å². The predicted molar refractivity (Wildman–Crippen MR) is 96.9 cm³/mol. The van der Waals surface area contributed by atoms with E-state index >= 15 is 0 Å². The van der Waals surface area contributed by atoms with Gasteiger partial charge in [0.2, 0.25) is 5.91 Å². The molecule has 0 bridgehead atoms. The molecule has 1 aliphatic heterocycles. The van der Waals surface area contributed by atoms with Crippen molar-refractivity contribution in [1.29, 1.82) is 0 Å². The predicted octanol–water partition coefficient (Wildman–Crippen LogP) is 2.68. The first kappa shape index (κ1) is 18.6. The summed E-state index contributed by atoms with van der Waals surface area (Å²) in [5.41, 5.74) is -0.494. The maximum Gasteiger partial charge on any atom is 0.333 e. The number of carbonyl (C=O) groups is 3. The highest BCUT2D eigenvalue weighted by molar-refractivity contribution is 5.99. The van der Waals surface area contributed by atoms with E-state index in [1.807, 2.05) is 0 Å². The van der Waals surface area contributed by atoms with Crippen LogP contribution in [0.2, 0.25) is 0 Å². The first-order valence-corrected chi connectivity index (χ1v) is 8.53. The molecule has 140 valence electrons. The first-order valence-electron chi connectivity index (χ1n) is 8.53. The van der Waals surface area contributed by atoms with Crippen LogP contribution in [0.5, 0.6) is 0 Å². The standard InChI is InChI=1S/C20H19FN2O4/c1-20(19(26)27,14-6-8-15(21)9-7-14)22-18(25)13-4-10-16(11-5-13)23-12-2-3-17(23)24/h4-11H,2-3,12H2,1H3,(H,22,25)(H,26,27). The molecule has 1 fully saturated rings. The number of carboxylic acids is 1. The van der Waals surface area contributed by atoms with Crippen molar-refractivity contribution >= 4 is 23.5 Å². The molecule has 0 radical (unpaired) electrons. The van der Waals surface area contributed by atoms with Crippen molar-refractivity contribution < 1.29 is 23.9 Å². The third-order valence-corrected chi connectivity index (χ3v) is 4.73. The van der Waals surface area contributed by atoms with Gasteiger partial charge in [0, 0.05) is 24.2 Å². The van der Waals surface area contributed by atoms with Crippen molar-refractivity contribution in [2.45, 2.75) is 25.3 Å². The molecular formula is C20H19FN2O4. The van der Waals surface area contributed by atoms with Crippen LogP contribution >= 0.6 is 0 Å². The number of anilines is 1. The van der Waals surface area contributed by atoms with Crippen LogP contribution < -0.4 is 10.2 Å². The highest BCUT2D eigenvalue weighted by atomic mass is 19.1. The number of nitrogens with one attached hydrogen (secondary N) is 1. The van der Waals surface area contributed by atoms with Gasteiger partial charge < -0.3 is 15.3 Å². The van der Waals surface area contributed by atoms with Gasteiger partial charge in [-0.2, -0.15) is 0 Å². The summed E-state index contributed by atoms with van der Waals surface area (Å²) in [6.07, 6.45) is 1.31. The van der Waals surface area contributed by atoms with E-state index in [-0.39, 0.29) is 17.0 Å². The highest BCUT2D eigenvalue weighted by Crippen LogP contribution is 2.24. The Labute approximate surface area is 155 Å². The molecule has 0 saturated carbocycles. The Morgan fingerprint density at radius 1 is 1.11 bits per heavy atom. The Morgan fingerprint density at radius 3 is 2.26 bits per heavy atom. The van der Waals surface area contributed by atoms with Gasteiger partial charge in [0.05, 0.1) is 0 Å². The van der Waals surface area contributed by atoms with Crippen LogP contribution in [0.15, 0.2) is 48.5 Å². The minimum absolute atomic E-state index is 0.0435. The fraction of sp³-hybridized carbons (Fsp3) is 0.250. The summed E-state index contributed by atoms with van der Waals surface area (Å²) in [6, 6.07) is 11.3. The number of nitrogens with zero attached hydrogens (tertiary/aromatic N) is 1. The molecule has 2 N–H and O–H groups in total. The van der Waals surface area contributed by atoms with Crippen molar-refractivity contribution in [2.24, 2.45) is 0 Å². The molecule has 7 heteroatoms. The average molecular weight is 370 g/mol. The number of amides is 2. The molecule has 0 aromatic heterocycles. The molecule has 1 aliphatic rings. The number of benzene rings is 2. The summed E-state index contributed by atoms with van der Waals surface area (Å²) in [6.45, 7) is 1.99. The highest BCUT2D eigenvalue weighted by Gasteiger charge is 2.37. The van der Waals surface area contributed by atoms with Crippen molar-refractivity contribution in [2.75, 3.05) is 11.4 Å². The number of carbonyl (C=O) groups excluding carboxylic acids is 2. The van der Waals surface area contributed by atoms with E-state index in [2.05, 4.69) is 5.32 Å². The molecule has 27 heavy (non-hydrogen) atoms. The van der Waals surface area contributed by atoms with Gasteiger partial charge >= 0.3 is 5.97 Å². The molecule has 1 heterocycles. The largest absolute Gasteiger partial charge is 0.479 e. The first-order chi connectivity index (χ1) is 12.8. The van der Waals surface area contributed by atoms with E-state index in [0.29, 0.717) is 18.7 Å². The summed E-state index contributed by atoms with van der Waals surface area (Å²) >= 11 is 0. The fourth-order valence-electron chi connectivity index (χ4n) is 3.05. The van der Waals surface area contributed by atoms with Crippen LogP contribution in [0.3, 0.4) is 0 Å². The second kappa shape index (κ2) is 7.19. The fourth-order valence-corrected chi connectivity index (χ4v) is 3.05. The van der Waals surface area contributed by atoms with Gasteiger partial charge in [-0.05, 0) is 55.3 Å². The van der Waals surface area contributed by atoms with E-state index in [1.54, 1.807) is 29.2 Å². The zero-order valence-corrected chi connectivity index (χ0v) is 14.7. The monoisotopic (exact) mass is 370 g/mol. The van der Waals surface area contributed by atoms with Crippen LogP contribution in [0.1, 0.15) is 35.7 Å². The SMILES string of the molecule is CC(NC(=O)c1ccc(N2CCCC2=O)cc1)(C(=O)O)c1ccc(F)cc1. The smallest absolute Gasteiger partial charge is 0.333 e. The number of rotatable bonds is 5. The maximum absolute atomic E-state index is 13.1. The lowest BCUT2D eigenvalue weighted by Crippen LogP contribution is -2.49. The van der Waals surface area contributed by atoms with Crippen molar-refractivity contribution in [1.82, 2.24) is 5.32 Å². The van der Waals surface area contributed by atoms with E-state index in [9.17, 15) is 23.9 Å². The summed E-state index contributed by atoms with van der Waals surface area (Å²) < 4.78 is 13.1.